The molecule has 2 N–H and O–H groups in total. The number of nitrogens with zero attached hydrogens (tertiary/aromatic N) is 1. The molecule has 0 aromatic heterocycles. The maximum atomic E-state index is 6.17. The second kappa shape index (κ2) is 5.23. The first kappa shape index (κ1) is 12.0. The highest BCUT2D eigenvalue weighted by atomic mass is 35.5. The summed E-state index contributed by atoms with van der Waals surface area (Å²) in [6, 6.07) is 5.65. The maximum Gasteiger partial charge on any atom is 0.0872 e. The van der Waals surface area contributed by atoms with Crippen LogP contribution in [0.25, 0.3) is 0 Å². The Kier molecular flexibility index (Phi) is 3.92. The zero-order valence-corrected chi connectivity index (χ0v) is 10.3. The Bertz CT molecular complexity index is 373. The molecule has 1 aromatic rings. The van der Waals surface area contributed by atoms with Crippen molar-refractivity contribution in [3.05, 3.63) is 28.2 Å². The molecule has 0 radical (unpaired) electrons. The second-order valence-electron chi connectivity index (χ2n) is 3.75. The van der Waals surface area contributed by atoms with Crippen LogP contribution in [0, 0.1) is 0 Å². The van der Waals surface area contributed by atoms with Gasteiger partial charge in [0.05, 0.1) is 28.4 Å². The number of halogens is 2. The van der Waals surface area contributed by atoms with Gasteiger partial charge in [0, 0.05) is 19.6 Å². The van der Waals surface area contributed by atoms with Crippen molar-refractivity contribution in [2.75, 3.05) is 31.1 Å². The normalized spacial score (nSPS) is 21.2. The molecule has 1 aliphatic heterocycles. The van der Waals surface area contributed by atoms with Crippen LogP contribution in [0.3, 0.4) is 0 Å². The van der Waals surface area contributed by atoms with Crippen LogP contribution >= 0.6 is 23.2 Å². The number of benzene rings is 1. The van der Waals surface area contributed by atoms with Crippen molar-refractivity contribution in [2.24, 2.45) is 5.73 Å². The monoisotopic (exact) mass is 260 g/mol. The molecule has 0 saturated carbocycles. The number of hydrogen-bond acceptors (Lipinski definition) is 3. The van der Waals surface area contributed by atoms with Crippen molar-refractivity contribution >= 4 is 28.9 Å². The third-order valence-electron chi connectivity index (χ3n) is 2.67. The van der Waals surface area contributed by atoms with Crippen molar-refractivity contribution in [1.82, 2.24) is 0 Å². The average Bonchev–Trinajstić information content (AvgIpc) is 2.33. The molecule has 2 rings (SSSR count). The van der Waals surface area contributed by atoms with Crippen LogP contribution in [0.1, 0.15) is 0 Å². The van der Waals surface area contributed by atoms with Gasteiger partial charge in [0.15, 0.2) is 0 Å². The summed E-state index contributed by atoms with van der Waals surface area (Å²) in [6.45, 7) is 2.77. The van der Waals surface area contributed by atoms with Gasteiger partial charge in [0.2, 0.25) is 0 Å². The van der Waals surface area contributed by atoms with E-state index in [0.29, 0.717) is 23.2 Å². The lowest BCUT2D eigenvalue weighted by Crippen LogP contribution is -2.45. The first-order valence-corrected chi connectivity index (χ1v) is 5.98. The highest BCUT2D eigenvalue weighted by molar-refractivity contribution is 6.43. The van der Waals surface area contributed by atoms with Crippen LogP contribution in [-0.2, 0) is 4.74 Å². The smallest absolute Gasteiger partial charge is 0.0872 e. The van der Waals surface area contributed by atoms with Crippen molar-refractivity contribution in [2.45, 2.75) is 6.10 Å². The summed E-state index contributed by atoms with van der Waals surface area (Å²) in [4.78, 5) is 2.16. The lowest BCUT2D eigenvalue weighted by Gasteiger charge is -2.34. The number of anilines is 1. The van der Waals surface area contributed by atoms with E-state index in [1.807, 2.05) is 12.1 Å². The van der Waals surface area contributed by atoms with Crippen LogP contribution in [0.2, 0.25) is 10.0 Å². The van der Waals surface area contributed by atoms with Gasteiger partial charge in [0.1, 0.15) is 0 Å². The fourth-order valence-corrected chi connectivity index (χ4v) is 2.23. The summed E-state index contributed by atoms with van der Waals surface area (Å²) >= 11 is 12.2. The topological polar surface area (TPSA) is 38.5 Å². The van der Waals surface area contributed by atoms with Crippen molar-refractivity contribution in [3.8, 4) is 0 Å². The van der Waals surface area contributed by atoms with Crippen LogP contribution in [0.4, 0.5) is 5.69 Å². The number of ether oxygens (including phenoxy) is 1. The minimum atomic E-state index is 0.0730. The number of nitrogens with two attached hydrogens (primary N) is 1. The first-order chi connectivity index (χ1) is 7.72. The second-order valence-corrected chi connectivity index (χ2v) is 4.53. The summed E-state index contributed by atoms with van der Waals surface area (Å²) in [6.07, 6.45) is 0.0730. The van der Waals surface area contributed by atoms with Gasteiger partial charge in [0.25, 0.3) is 0 Å². The van der Waals surface area contributed by atoms with Crippen LogP contribution in [0.5, 0.6) is 0 Å². The van der Waals surface area contributed by atoms with Crippen LogP contribution < -0.4 is 10.6 Å². The van der Waals surface area contributed by atoms with E-state index < -0.39 is 0 Å². The standard InChI is InChI=1S/C11H14Cl2N2O/c12-9-2-1-3-10(11(9)13)15-4-5-16-8(6-14)7-15/h1-3,8H,4-7,14H2. The zero-order chi connectivity index (χ0) is 11.5. The van der Waals surface area contributed by atoms with E-state index >= 15 is 0 Å². The lowest BCUT2D eigenvalue weighted by atomic mass is 10.2. The van der Waals surface area contributed by atoms with E-state index in [1.54, 1.807) is 6.07 Å². The molecule has 1 fully saturated rings. The highest BCUT2D eigenvalue weighted by Crippen LogP contribution is 2.33. The fraction of sp³-hybridized carbons (Fsp3) is 0.455. The van der Waals surface area contributed by atoms with Gasteiger partial charge in [-0.3, -0.25) is 0 Å². The van der Waals surface area contributed by atoms with E-state index in [2.05, 4.69) is 4.90 Å². The van der Waals surface area contributed by atoms with E-state index in [4.69, 9.17) is 33.7 Å². The number of hydrogen-bond donors (Lipinski definition) is 1. The van der Waals surface area contributed by atoms with E-state index in [9.17, 15) is 0 Å². The summed E-state index contributed by atoms with van der Waals surface area (Å²) < 4.78 is 5.51. The molecule has 1 aliphatic rings. The van der Waals surface area contributed by atoms with Crippen LogP contribution in [-0.4, -0.2) is 32.3 Å². The van der Waals surface area contributed by atoms with Crippen molar-refractivity contribution in [1.29, 1.82) is 0 Å². The van der Waals surface area contributed by atoms with Gasteiger partial charge in [-0.15, -0.1) is 0 Å². The third kappa shape index (κ3) is 2.43. The number of morpholine rings is 1. The fourth-order valence-electron chi connectivity index (χ4n) is 1.82. The highest BCUT2D eigenvalue weighted by Gasteiger charge is 2.21. The zero-order valence-electron chi connectivity index (χ0n) is 8.83. The van der Waals surface area contributed by atoms with Gasteiger partial charge < -0.3 is 15.4 Å². The van der Waals surface area contributed by atoms with E-state index in [-0.39, 0.29) is 6.10 Å². The molecule has 0 aliphatic carbocycles. The molecule has 88 valence electrons. The summed E-state index contributed by atoms with van der Waals surface area (Å²) in [5.41, 5.74) is 6.56. The Morgan fingerprint density at radius 2 is 2.25 bits per heavy atom. The molecule has 5 heteroatoms. The van der Waals surface area contributed by atoms with Gasteiger partial charge >= 0.3 is 0 Å². The average molecular weight is 261 g/mol. The van der Waals surface area contributed by atoms with Gasteiger partial charge in [-0.05, 0) is 12.1 Å². The summed E-state index contributed by atoms with van der Waals surface area (Å²) in [7, 11) is 0. The molecule has 1 aromatic carbocycles. The Morgan fingerprint density at radius 1 is 1.44 bits per heavy atom. The van der Waals surface area contributed by atoms with Gasteiger partial charge in [-0.2, -0.15) is 0 Å². The molecular formula is C11H14Cl2N2O. The molecule has 3 nitrogen and oxygen atoms in total. The predicted octanol–water partition coefficient (Wildman–Crippen LogP) is 2.16. The molecule has 0 bridgehead atoms. The molecular weight excluding hydrogens is 247 g/mol. The summed E-state index contributed by atoms with van der Waals surface area (Å²) in [5, 5.41) is 1.18. The minimum absolute atomic E-state index is 0.0730. The Hall–Kier alpha value is -0.480. The Balaban J connectivity index is 2.20. The molecule has 0 spiro atoms. The molecule has 1 unspecified atom stereocenters. The van der Waals surface area contributed by atoms with Crippen molar-refractivity contribution < 1.29 is 4.74 Å². The quantitative estimate of drug-likeness (QED) is 0.886. The maximum absolute atomic E-state index is 6.17. The Morgan fingerprint density at radius 3 is 3.00 bits per heavy atom. The molecule has 16 heavy (non-hydrogen) atoms. The Labute approximate surface area is 105 Å². The number of rotatable bonds is 2. The lowest BCUT2D eigenvalue weighted by molar-refractivity contribution is 0.0466. The van der Waals surface area contributed by atoms with E-state index in [0.717, 1.165) is 18.8 Å². The predicted molar refractivity (Wildman–Crippen MR) is 67.5 cm³/mol. The van der Waals surface area contributed by atoms with Crippen LogP contribution in [0.15, 0.2) is 18.2 Å². The third-order valence-corrected chi connectivity index (χ3v) is 3.48. The minimum Gasteiger partial charge on any atom is -0.373 e. The van der Waals surface area contributed by atoms with E-state index in [1.165, 1.54) is 0 Å². The first-order valence-electron chi connectivity index (χ1n) is 5.23. The van der Waals surface area contributed by atoms with Gasteiger partial charge in [-0.1, -0.05) is 29.3 Å². The van der Waals surface area contributed by atoms with Gasteiger partial charge in [-0.25, -0.2) is 0 Å². The van der Waals surface area contributed by atoms with Crippen molar-refractivity contribution in [3.63, 3.8) is 0 Å². The molecule has 1 heterocycles. The SMILES string of the molecule is NCC1CN(c2cccc(Cl)c2Cl)CCO1. The summed E-state index contributed by atoms with van der Waals surface area (Å²) in [5.74, 6) is 0. The molecule has 0 amide bonds. The largest absolute Gasteiger partial charge is 0.373 e. The molecule has 1 saturated heterocycles. The molecule has 1 atom stereocenters.